The minimum atomic E-state index is -0.158. The SMILES string of the molecule is CC1CCC(N(C)c2ccc(F)cc2)CC1. The third-order valence-electron chi connectivity index (χ3n) is 3.77. The van der Waals surface area contributed by atoms with Crippen LogP contribution < -0.4 is 4.90 Å². The smallest absolute Gasteiger partial charge is 0.123 e. The molecule has 1 aromatic rings. The summed E-state index contributed by atoms with van der Waals surface area (Å²) in [6, 6.07) is 7.44. The second kappa shape index (κ2) is 4.86. The number of nitrogens with zero attached hydrogens (tertiary/aromatic N) is 1. The number of hydrogen-bond donors (Lipinski definition) is 0. The maximum absolute atomic E-state index is 12.8. The molecule has 1 aliphatic carbocycles. The van der Waals surface area contributed by atoms with E-state index in [2.05, 4.69) is 18.9 Å². The molecule has 0 heterocycles. The van der Waals surface area contributed by atoms with Crippen LogP contribution in [0, 0.1) is 11.7 Å². The summed E-state index contributed by atoms with van der Waals surface area (Å²) in [6.45, 7) is 2.33. The zero-order valence-corrected chi connectivity index (χ0v) is 10.1. The Bertz CT molecular complexity index is 325. The molecular weight excluding hydrogens is 201 g/mol. The van der Waals surface area contributed by atoms with Crippen LogP contribution in [0.2, 0.25) is 0 Å². The molecule has 0 N–H and O–H groups in total. The standard InChI is InChI=1S/C14H20FN/c1-11-3-7-13(8-4-11)16(2)14-9-5-12(15)6-10-14/h5-6,9-11,13H,3-4,7-8H2,1-2H3. The lowest BCUT2D eigenvalue weighted by Gasteiger charge is -2.35. The van der Waals surface area contributed by atoms with E-state index in [4.69, 9.17) is 0 Å². The van der Waals surface area contributed by atoms with Gasteiger partial charge in [-0.15, -0.1) is 0 Å². The molecule has 1 nitrogen and oxygen atoms in total. The summed E-state index contributed by atoms with van der Waals surface area (Å²) in [6.07, 6.45) is 5.15. The van der Waals surface area contributed by atoms with E-state index in [-0.39, 0.29) is 5.82 Å². The van der Waals surface area contributed by atoms with Gasteiger partial charge in [0.2, 0.25) is 0 Å². The third-order valence-corrected chi connectivity index (χ3v) is 3.77. The first kappa shape index (κ1) is 11.4. The molecule has 0 radical (unpaired) electrons. The van der Waals surface area contributed by atoms with Crippen molar-refractivity contribution in [1.29, 1.82) is 0 Å². The largest absolute Gasteiger partial charge is 0.372 e. The van der Waals surface area contributed by atoms with Gasteiger partial charge in [-0.3, -0.25) is 0 Å². The molecular formula is C14H20FN. The quantitative estimate of drug-likeness (QED) is 0.733. The third kappa shape index (κ3) is 2.55. The molecule has 88 valence electrons. The highest BCUT2D eigenvalue weighted by molar-refractivity contribution is 5.46. The van der Waals surface area contributed by atoms with Crippen molar-refractivity contribution < 1.29 is 4.39 Å². The molecule has 0 amide bonds. The maximum Gasteiger partial charge on any atom is 0.123 e. The Hall–Kier alpha value is -1.05. The Morgan fingerprint density at radius 2 is 1.62 bits per heavy atom. The summed E-state index contributed by atoms with van der Waals surface area (Å²) in [7, 11) is 2.12. The summed E-state index contributed by atoms with van der Waals surface area (Å²) in [5, 5.41) is 0. The predicted octanol–water partition coefficient (Wildman–Crippen LogP) is 3.84. The van der Waals surface area contributed by atoms with Crippen LogP contribution in [0.1, 0.15) is 32.6 Å². The Kier molecular flexibility index (Phi) is 3.47. The van der Waals surface area contributed by atoms with Gasteiger partial charge in [0, 0.05) is 18.8 Å². The van der Waals surface area contributed by atoms with Gasteiger partial charge >= 0.3 is 0 Å². The Balaban J connectivity index is 2.01. The fraction of sp³-hybridized carbons (Fsp3) is 0.571. The lowest BCUT2D eigenvalue weighted by Crippen LogP contribution is -2.34. The minimum absolute atomic E-state index is 0.158. The molecule has 0 bridgehead atoms. The number of rotatable bonds is 2. The Morgan fingerprint density at radius 1 is 1.06 bits per heavy atom. The van der Waals surface area contributed by atoms with Crippen LogP contribution in [-0.4, -0.2) is 13.1 Å². The number of hydrogen-bond acceptors (Lipinski definition) is 1. The van der Waals surface area contributed by atoms with Crippen LogP contribution in [0.25, 0.3) is 0 Å². The molecule has 16 heavy (non-hydrogen) atoms. The second-order valence-corrected chi connectivity index (χ2v) is 5.00. The first-order valence-electron chi connectivity index (χ1n) is 6.15. The van der Waals surface area contributed by atoms with Gasteiger partial charge in [0.25, 0.3) is 0 Å². The molecule has 1 aromatic carbocycles. The van der Waals surface area contributed by atoms with Crippen LogP contribution in [0.3, 0.4) is 0 Å². The van der Waals surface area contributed by atoms with E-state index in [1.54, 1.807) is 0 Å². The van der Waals surface area contributed by atoms with Crippen molar-refractivity contribution in [3.63, 3.8) is 0 Å². The number of anilines is 1. The molecule has 0 aromatic heterocycles. The van der Waals surface area contributed by atoms with Gasteiger partial charge in [-0.25, -0.2) is 4.39 Å². The van der Waals surface area contributed by atoms with Crippen LogP contribution in [0.4, 0.5) is 10.1 Å². The summed E-state index contributed by atoms with van der Waals surface area (Å²) in [4.78, 5) is 2.30. The van der Waals surface area contributed by atoms with Gasteiger partial charge < -0.3 is 4.90 Å². The average molecular weight is 221 g/mol. The molecule has 0 aliphatic heterocycles. The van der Waals surface area contributed by atoms with E-state index in [1.807, 2.05) is 12.1 Å². The van der Waals surface area contributed by atoms with E-state index < -0.39 is 0 Å². The Morgan fingerprint density at radius 3 is 2.19 bits per heavy atom. The van der Waals surface area contributed by atoms with Crippen molar-refractivity contribution in [2.45, 2.75) is 38.6 Å². The van der Waals surface area contributed by atoms with Crippen molar-refractivity contribution in [2.75, 3.05) is 11.9 Å². The lowest BCUT2D eigenvalue weighted by molar-refractivity contribution is 0.341. The van der Waals surface area contributed by atoms with Gasteiger partial charge in [-0.05, 0) is 55.9 Å². The molecule has 0 atom stereocenters. The highest BCUT2D eigenvalue weighted by atomic mass is 19.1. The molecule has 1 saturated carbocycles. The van der Waals surface area contributed by atoms with E-state index in [0.29, 0.717) is 6.04 Å². The zero-order valence-electron chi connectivity index (χ0n) is 10.1. The molecule has 0 spiro atoms. The van der Waals surface area contributed by atoms with Crippen molar-refractivity contribution in [1.82, 2.24) is 0 Å². The molecule has 1 aliphatic rings. The van der Waals surface area contributed by atoms with Gasteiger partial charge in [0.1, 0.15) is 5.82 Å². The highest BCUT2D eigenvalue weighted by Gasteiger charge is 2.21. The molecule has 0 unspecified atom stereocenters. The topological polar surface area (TPSA) is 3.24 Å². The van der Waals surface area contributed by atoms with E-state index in [0.717, 1.165) is 11.6 Å². The molecule has 1 fully saturated rings. The van der Waals surface area contributed by atoms with Gasteiger partial charge in [-0.2, -0.15) is 0 Å². The summed E-state index contributed by atoms with van der Waals surface area (Å²) in [5.74, 6) is 0.715. The second-order valence-electron chi connectivity index (χ2n) is 5.00. The number of halogens is 1. The van der Waals surface area contributed by atoms with Crippen LogP contribution in [0.5, 0.6) is 0 Å². The van der Waals surface area contributed by atoms with Crippen LogP contribution >= 0.6 is 0 Å². The summed E-state index contributed by atoms with van der Waals surface area (Å²) >= 11 is 0. The van der Waals surface area contributed by atoms with Crippen molar-refractivity contribution in [3.8, 4) is 0 Å². The van der Waals surface area contributed by atoms with Crippen LogP contribution in [0.15, 0.2) is 24.3 Å². The average Bonchev–Trinajstić information content (AvgIpc) is 2.30. The first-order valence-corrected chi connectivity index (χ1v) is 6.15. The van der Waals surface area contributed by atoms with Gasteiger partial charge in [0.15, 0.2) is 0 Å². The maximum atomic E-state index is 12.8. The predicted molar refractivity (Wildman–Crippen MR) is 66.2 cm³/mol. The fourth-order valence-corrected chi connectivity index (χ4v) is 2.52. The van der Waals surface area contributed by atoms with Crippen LogP contribution in [-0.2, 0) is 0 Å². The first-order chi connectivity index (χ1) is 7.66. The lowest BCUT2D eigenvalue weighted by atomic mass is 9.86. The summed E-state index contributed by atoms with van der Waals surface area (Å²) < 4.78 is 12.8. The fourth-order valence-electron chi connectivity index (χ4n) is 2.52. The molecule has 0 saturated heterocycles. The van der Waals surface area contributed by atoms with Crippen molar-refractivity contribution in [2.24, 2.45) is 5.92 Å². The van der Waals surface area contributed by atoms with E-state index in [9.17, 15) is 4.39 Å². The van der Waals surface area contributed by atoms with Gasteiger partial charge in [0.05, 0.1) is 0 Å². The monoisotopic (exact) mass is 221 g/mol. The van der Waals surface area contributed by atoms with E-state index in [1.165, 1.54) is 37.8 Å². The Labute approximate surface area is 97.3 Å². The zero-order chi connectivity index (χ0) is 11.5. The van der Waals surface area contributed by atoms with Crippen molar-refractivity contribution >= 4 is 5.69 Å². The number of benzene rings is 1. The minimum Gasteiger partial charge on any atom is -0.372 e. The highest BCUT2D eigenvalue weighted by Crippen LogP contribution is 2.29. The molecule has 2 heteroatoms. The van der Waals surface area contributed by atoms with Gasteiger partial charge in [-0.1, -0.05) is 6.92 Å². The van der Waals surface area contributed by atoms with E-state index >= 15 is 0 Å². The van der Waals surface area contributed by atoms with Crippen molar-refractivity contribution in [3.05, 3.63) is 30.1 Å². The summed E-state index contributed by atoms with van der Waals surface area (Å²) in [5.41, 5.74) is 1.13. The normalized spacial score (nSPS) is 25.4. The molecule has 2 rings (SSSR count).